The van der Waals surface area contributed by atoms with Gasteiger partial charge in [-0.3, -0.25) is 4.79 Å². The fraction of sp³-hybridized carbons (Fsp3) is 0.583. The van der Waals surface area contributed by atoms with E-state index in [-0.39, 0.29) is 5.78 Å². The number of nitrogens with one attached hydrogen (secondary N) is 1. The number of ketones is 1. The summed E-state index contributed by atoms with van der Waals surface area (Å²) in [5.74, 6) is 0.641. The summed E-state index contributed by atoms with van der Waals surface area (Å²) in [7, 11) is 1.60. The van der Waals surface area contributed by atoms with Crippen LogP contribution in [0.2, 0.25) is 0 Å². The number of ether oxygens (including phenoxy) is 1. The first kappa shape index (κ1) is 13.2. The molecule has 0 spiro atoms. The van der Waals surface area contributed by atoms with Crippen LogP contribution in [-0.4, -0.2) is 39.1 Å². The maximum atomic E-state index is 11.5. The highest BCUT2D eigenvalue weighted by atomic mass is 32.1. The Morgan fingerprint density at radius 3 is 2.89 bits per heavy atom. The molecule has 1 aliphatic heterocycles. The van der Waals surface area contributed by atoms with Crippen LogP contribution in [0.5, 0.6) is 5.75 Å². The molecule has 1 aromatic rings. The van der Waals surface area contributed by atoms with Gasteiger partial charge in [0.15, 0.2) is 11.5 Å². The second-order valence-electron chi connectivity index (χ2n) is 4.33. The van der Waals surface area contributed by atoms with Crippen LogP contribution < -0.4 is 20.7 Å². The second kappa shape index (κ2) is 5.58. The average Bonchev–Trinajstić information content (AvgIpc) is 2.54. The zero-order valence-corrected chi connectivity index (χ0v) is 11.6. The van der Waals surface area contributed by atoms with Crippen molar-refractivity contribution >= 4 is 27.8 Å². The van der Waals surface area contributed by atoms with Gasteiger partial charge in [-0.05, 0) is 13.0 Å². The van der Waals surface area contributed by atoms with Crippen molar-refractivity contribution in [2.45, 2.75) is 13.3 Å². The highest BCUT2D eigenvalue weighted by Crippen LogP contribution is 2.44. The maximum absolute atomic E-state index is 11.5. The smallest absolute Gasteiger partial charge is 0.177 e. The lowest BCUT2D eigenvalue weighted by atomic mass is 10.3. The SMILES string of the molecule is COc1c(N2CCCNCC2)sc(C(C)=O)c1N. The van der Waals surface area contributed by atoms with Crippen molar-refractivity contribution in [2.24, 2.45) is 0 Å². The quantitative estimate of drug-likeness (QED) is 0.811. The van der Waals surface area contributed by atoms with Crippen molar-refractivity contribution in [2.75, 3.05) is 43.9 Å². The van der Waals surface area contributed by atoms with Crippen LogP contribution in [0.25, 0.3) is 0 Å². The zero-order chi connectivity index (χ0) is 13.1. The van der Waals surface area contributed by atoms with Crippen LogP contribution in [0, 0.1) is 0 Å². The first-order valence-corrected chi connectivity index (χ1v) is 6.89. The van der Waals surface area contributed by atoms with Gasteiger partial charge < -0.3 is 20.7 Å². The molecule has 2 heterocycles. The third-order valence-electron chi connectivity index (χ3n) is 3.03. The fourth-order valence-electron chi connectivity index (χ4n) is 2.13. The molecule has 6 heteroatoms. The first-order chi connectivity index (χ1) is 8.65. The molecule has 0 aromatic carbocycles. The number of nitrogens with two attached hydrogens (primary N) is 1. The number of anilines is 2. The highest BCUT2D eigenvalue weighted by molar-refractivity contribution is 7.19. The Hall–Kier alpha value is -1.27. The van der Waals surface area contributed by atoms with Gasteiger partial charge in [-0.2, -0.15) is 0 Å². The van der Waals surface area contributed by atoms with E-state index in [0.29, 0.717) is 16.3 Å². The van der Waals surface area contributed by atoms with Crippen LogP contribution in [-0.2, 0) is 0 Å². The number of thiophene rings is 1. The number of nitrogens with zero attached hydrogens (tertiary/aromatic N) is 1. The summed E-state index contributed by atoms with van der Waals surface area (Å²) in [5, 5.41) is 4.33. The Morgan fingerprint density at radius 1 is 1.44 bits per heavy atom. The van der Waals surface area contributed by atoms with E-state index in [2.05, 4.69) is 10.2 Å². The summed E-state index contributed by atoms with van der Waals surface area (Å²) in [6, 6.07) is 0. The number of methoxy groups -OCH3 is 1. The predicted molar refractivity (Wildman–Crippen MR) is 75.0 cm³/mol. The van der Waals surface area contributed by atoms with E-state index in [9.17, 15) is 4.79 Å². The highest BCUT2D eigenvalue weighted by Gasteiger charge is 2.23. The number of hydrogen-bond acceptors (Lipinski definition) is 6. The number of carbonyl (C=O) groups is 1. The van der Waals surface area contributed by atoms with Crippen LogP contribution in [0.4, 0.5) is 10.7 Å². The van der Waals surface area contributed by atoms with Crippen LogP contribution >= 0.6 is 11.3 Å². The summed E-state index contributed by atoms with van der Waals surface area (Å²) in [6.45, 7) is 5.37. The lowest BCUT2D eigenvalue weighted by molar-refractivity contribution is 0.102. The first-order valence-electron chi connectivity index (χ1n) is 6.08. The number of rotatable bonds is 3. The second-order valence-corrected chi connectivity index (χ2v) is 5.33. The predicted octanol–water partition coefficient (Wildman–Crippen LogP) is 1.34. The summed E-state index contributed by atoms with van der Waals surface area (Å²) in [4.78, 5) is 14.4. The Bertz CT molecular complexity index is 437. The Morgan fingerprint density at radius 2 is 2.22 bits per heavy atom. The van der Waals surface area contributed by atoms with E-state index in [1.807, 2.05) is 0 Å². The molecule has 0 radical (unpaired) electrons. The van der Waals surface area contributed by atoms with Gasteiger partial charge in [-0.25, -0.2) is 0 Å². The Kier molecular flexibility index (Phi) is 4.08. The molecule has 1 saturated heterocycles. The van der Waals surface area contributed by atoms with Gasteiger partial charge in [0.1, 0.15) is 5.00 Å². The molecule has 100 valence electrons. The number of hydrogen-bond donors (Lipinski definition) is 2. The van der Waals surface area contributed by atoms with Gasteiger partial charge in [0, 0.05) is 26.6 Å². The lowest BCUT2D eigenvalue weighted by Crippen LogP contribution is -2.27. The monoisotopic (exact) mass is 269 g/mol. The molecule has 0 aliphatic carbocycles. The Labute approximate surface area is 111 Å². The van der Waals surface area contributed by atoms with Gasteiger partial charge in [-0.1, -0.05) is 0 Å². The van der Waals surface area contributed by atoms with Crippen LogP contribution in [0.1, 0.15) is 23.0 Å². The van der Waals surface area contributed by atoms with Gasteiger partial charge in [0.25, 0.3) is 0 Å². The minimum absolute atomic E-state index is 0.00463. The van der Waals surface area contributed by atoms with Crippen molar-refractivity contribution in [1.29, 1.82) is 0 Å². The molecule has 1 fully saturated rings. The number of nitrogen functional groups attached to an aromatic ring is 1. The van der Waals surface area contributed by atoms with Gasteiger partial charge in [0.05, 0.1) is 17.7 Å². The zero-order valence-electron chi connectivity index (χ0n) is 10.8. The molecular weight excluding hydrogens is 250 g/mol. The summed E-state index contributed by atoms with van der Waals surface area (Å²) in [5.41, 5.74) is 6.46. The normalized spacial score (nSPS) is 16.4. The average molecular weight is 269 g/mol. The molecule has 18 heavy (non-hydrogen) atoms. The molecule has 3 N–H and O–H groups in total. The Balaban J connectivity index is 2.36. The summed E-state index contributed by atoms with van der Waals surface area (Å²) < 4.78 is 5.37. The third-order valence-corrected chi connectivity index (χ3v) is 4.38. The van der Waals surface area contributed by atoms with Gasteiger partial charge >= 0.3 is 0 Å². The number of carbonyl (C=O) groups excluding carboxylic acids is 1. The minimum Gasteiger partial charge on any atom is -0.492 e. The molecule has 0 bridgehead atoms. The minimum atomic E-state index is -0.00463. The fourth-order valence-corrected chi connectivity index (χ4v) is 3.27. The van der Waals surface area contributed by atoms with Crippen molar-refractivity contribution < 1.29 is 9.53 Å². The molecule has 0 amide bonds. The third kappa shape index (κ3) is 2.44. The lowest BCUT2D eigenvalue weighted by Gasteiger charge is -2.21. The number of Topliss-reactive ketones (excluding diaryl/α,β-unsaturated/α-hetero) is 1. The molecule has 1 aromatic heterocycles. The standard InChI is InChI=1S/C12H19N3O2S/c1-8(16)11-9(13)10(17-2)12(18-11)15-6-3-4-14-5-7-15/h14H,3-7,13H2,1-2H3. The van der Waals surface area contributed by atoms with Crippen molar-refractivity contribution in [3.05, 3.63) is 4.88 Å². The molecule has 5 nitrogen and oxygen atoms in total. The summed E-state index contributed by atoms with van der Waals surface area (Å²) in [6.07, 6.45) is 1.08. The van der Waals surface area contributed by atoms with Gasteiger partial charge in [0.2, 0.25) is 0 Å². The van der Waals surface area contributed by atoms with Crippen molar-refractivity contribution in [1.82, 2.24) is 5.32 Å². The van der Waals surface area contributed by atoms with Crippen LogP contribution in [0.3, 0.4) is 0 Å². The molecule has 1 aliphatic rings. The molecule has 0 unspecified atom stereocenters. The van der Waals surface area contributed by atoms with Crippen molar-refractivity contribution in [3.63, 3.8) is 0 Å². The van der Waals surface area contributed by atoms with Crippen molar-refractivity contribution in [3.8, 4) is 5.75 Å². The summed E-state index contributed by atoms with van der Waals surface area (Å²) >= 11 is 1.43. The van der Waals surface area contributed by atoms with E-state index in [4.69, 9.17) is 10.5 Å². The largest absolute Gasteiger partial charge is 0.492 e. The molecular formula is C12H19N3O2S. The molecule has 0 saturated carbocycles. The van der Waals surface area contributed by atoms with E-state index in [1.165, 1.54) is 18.3 Å². The van der Waals surface area contributed by atoms with E-state index in [0.717, 1.165) is 37.6 Å². The topological polar surface area (TPSA) is 67.6 Å². The van der Waals surface area contributed by atoms with E-state index >= 15 is 0 Å². The molecule has 0 atom stereocenters. The van der Waals surface area contributed by atoms with E-state index in [1.54, 1.807) is 7.11 Å². The maximum Gasteiger partial charge on any atom is 0.177 e. The van der Waals surface area contributed by atoms with E-state index < -0.39 is 0 Å². The molecule has 2 rings (SSSR count). The van der Waals surface area contributed by atoms with Gasteiger partial charge in [-0.15, -0.1) is 11.3 Å². The van der Waals surface area contributed by atoms with Crippen LogP contribution in [0.15, 0.2) is 0 Å².